The topological polar surface area (TPSA) is 98.7 Å². The summed E-state index contributed by atoms with van der Waals surface area (Å²) in [7, 11) is 0. The standard InChI is InChI=1S/C11H13ClN6O/c1-6-11(13)7(2)18(17-6)5-10(19)14-9-4-3-8(12)15-16-9/h3-4H,5,13H2,1-2H3,(H,14,16,19). The van der Waals surface area contributed by atoms with Crippen molar-refractivity contribution in [3.63, 3.8) is 0 Å². The summed E-state index contributed by atoms with van der Waals surface area (Å²) in [6.45, 7) is 3.67. The monoisotopic (exact) mass is 280 g/mol. The average molecular weight is 281 g/mol. The molecule has 2 rings (SSSR count). The summed E-state index contributed by atoms with van der Waals surface area (Å²) in [5.74, 6) is 0.0751. The number of rotatable bonds is 3. The molecule has 7 nitrogen and oxygen atoms in total. The zero-order valence-electron chi connectivity index (χ0n) is 10.5. The van der Waals surface area contributed by atoms with E-state index in [-0.39, 0.29) is 17.6 Å². The van der Waals surface area contributed by atoms with E-state index < -0.39 is 0 Å². The fourth-order valence-electron chi connectivity index (χ4n) is 1.57. The van der Waals surface area contributed by atoms with Gasteiger partial charge in [-0.2, -0.15) is 5.10 Å². The third kappa shape index (κ3) is 3.00. The molecular weight excluding hydrogens is 268 g/mol. The Hall–Kier alpha value is -2.15. The Kier molecular flexibility index (Phi) is 3.66. The van der Waals surface area contributed by atoms with Crippen LogP contribution < -0.4 is 11.1 Å². The second-order valence-electron chi connectivity index (χ2n) is 4.03. The first kappa shape index (κ1) is 13.3. The van der Waals surface area contributed by atoms with E-state index in [1.54, 1.807) is 23.7 Å². The Bertz CT molecular complexity index is 606. The van der Waals surface area contributed by atoms with Crippen LogP contribution in [0.15, 0.2) is 12.1 Å². The van der Waals surface area contributed by atoms with Crippen LogP contribution in [-0.4, -0.2) is 25.9 Å². The lowest BCUT2D eigenvalue weighted by molar-refractivity contribution is -0.117. The highest BCUT2D eigenvalue weighted by molar-refractivity contribution is 6.29. The van der Waals surface area contributed by atoms with Crippen LogP contribution in [0.25, 0.3) is 0 Å². The van der Waals surface area contributed by atoms with Gasteiger partial charge in [-0.3, -0.25) is 9.48 Å². The van der Waals surface area contributed by atoms with Gasteiger partial charge in [0.05, 0.1) is 17.1 Å². The molecule has 0 aromatic carbocycles. The first-order valence-electron chi connectivity index (χ1n) is 5.56. The third-order valence-electron chi connectivity index (χ3n) is 2.63. The Labute approximate surface area is 114 Å². The second kappa shape index (κ2) is 5.23. The molecule has 0 saturated carbocycles. The second-order valence-corrected chi connectivity index (χ2v) is 4.42. The molecule has 3 N–H and O–H groups in total. The smallest absolute Gasteiger partial charge is 0.247 e. The number of carbonyl (C=O) groups excluding carboxylic acids is 1. The van der Waals surface area contributed by atoms with E-state index >= 15 is 0 Å². The van der Waals surface area contributed by atoms with Gasteiger partial charge >= 0.3 is 0 Å². The molecule has 0 fully saturated rings. The first-order valence-corrected chi connectivity index (χ1v) is 5.93. The van der Waals surface area contributed by atoms with Gasteiger partial charge in [0.15, 0.2) is 11.0 Å². The van der Waals surface area contributed by atoms with Gasteiger partial charge < -0.3 is 11.1 Å². The molecule has 0 saturated heterocycles. The van der Waals surface area contributed by atoms with Crippen molar-refractivity contribution in [2.75, 3.05) is 11.1 Å². The van der Waals surface area contributed by atoms with Crippen molar-refractivity contribution in [3.8, 4) is 0 Å². The number of aryl methyl sites for hydroxylation is 1. The maximum absolute atomic E-state index is 11.8. The van der Waals surface area contributed by atoms with E-state index in [2.05, 4.69) is 20.6 Å². The summed E-state index contributed by atoms with van der Waals surface area (Å²) in [6, 6.07) is 3.12. The van der Waals surface area contributed by atoms with Crippen LogP contribution in [0.2, 0.25) is 5.15 Å². The minimum atomic E-state index is -0.262. The zero-order chi connectivity index (χ0) is 14.0. The minimum absolute atomic E-state index is 0.0637. The molecule has 1 amide bonds. The molecule has 19 heavy (non-hydrogen) atoms. The molecule has 0 radical (unpaired) electrons. The predicted octanol–water partition coefficient (Wildman–Crippen LogP) is 1.16. The summed E-state index contributed by atoms with van der Waals surface area (Å²) >= 11 is 5.60. The SMILES string of the molecule is Cc1nn(CC(=O)Nc2ccc(Cl)nn2)c(C)c1N. The summed E-state index contributed by atoms with van der Waals surface area (Å²) in [6.07, 6.45) is 0. The number of nitrogen functional groups attached to an aromatic ring is 1. The number of amides is 1. The molecular formula is C11H13ClN6O. The van der Waals surface area contributed by atoms with E-state index in [0.717, 1.165) is 5.69 Å². The molecule has 8 heteroatoms. The van der Waals surface area contributed by atoms with Gasteiger partial charge in [-0.1, -0.05) is 11.6 Å². The number of nitrogens with two attached hydrogens (primary N) is 1. The summed E-state index contributed by atoms with van der Waals surface area (Å²) in [5, 5.41) is 14.4. The Morgan fingerprint density at radius 2 is 2.16 bits per heavy atom. The van der Waals surface area contributed by atoms with Crippen LogP contribution in [0.1, 0.15) is 11.4 Å². The average Bonchev–Trinajstić information content (AvgIpc) is 2.60. The molecule has 0 atom stereocenters. The van der Waals surface area contributed by atoms with E-state index in [1.807, 2.05) is 6.92 Å². The van der Waals surface area contributed by atoms with Gasteiger partial charge in [-0.25, -0.2) is 0 Å². The highest BCUT2D eigenvalue weighted by atomic mass is 35.5. The lowest BCUT2D eigenvalue weighted by Crippen LogP contribution is -2.21. The highest BCUT2D eigenvalue weighted by Gasteiger charge is 2.12. The molecule has 0 spiro atoms. The fourth-order valence-corrected chi connectivity index (χ4v) is 1.67. The van der Waals surface area contributed by atoms with E-state index in [1.165, 1.54) is 0 Å². The fraction of sp³-hybridized carbons (Fsp3) is 0.273. The summed E-state index contributed by atoms with van der Waals surface area (Å²) < 4.78 is 1.54. The summed E-state index contributed by atoms with van der Waals surface area (Å²) in [4.78, 5) is 11.8. The number of hydrogen-bond donors (Lipinski definition) is 2. The van der Waals surface area contributed by atoms with Crippen LogP contribution in [0.3, 0.4) is 0 Å². The Morgan fingerprint density at radius 3 is 2.68 bits per heavy atom. The summed E-state index contributed by atoms with van der Waals surface area (Å²) in [5.41, 5.74) is 7.86. The quantitative estimate of drug-likeness (QED) is 0.879. The van der Waals surface area contributed by atoms with Crippen molar-refractivity contribution in [2.24, 2.45) is 0 Å². The van der Waals surface area contributed by atoms with Gasteiger partial charge in [0.1, 0.15) is 6.54 Å². The first-order chi connectivity index (χ1) is 8.97. The molecule has 0 aliphatic heterocycles. The lowest BCUT2D eigenvalue weighted by atomic mass is 10.3. The van der Waals surface area contributed by atoms with Crippen molar-refractivity contribution in [3.05, 3.63) is 28.7 Å². The number of halogens is 1. The van der Waals surface area contributed by atoms with Crippen LogP contribution >= 0.6 is 11.6 Å². The van der Waals surface area contributed by atoms with E-state index in [4.69, 9.17) is 17.3 Å². The number of carbonyl (C=O) groups is 1. The van der Waals surface area contributed by atoms with Gasteiger partial charge in [0, 0.05) is 0 Å². The van der Waals surface area contributed by atoms with Gasteiger partial charge in [-0.15, -0.1) is 10.2 Å². The van der Waals surface area contributed by atoms with Crippen LogP contribution in [0.5, 0.6) is 0 Å². The lowest BCUT2D eigenvalue weighted by Gasteiger charge is -2.05. The largest absolute Gasteiger partial charge is 0.396 e. The number of aromatic nitrogens is 4. The number of anilines is 2. The normalized spacial score (nSPS) is 10.5. The third-order valence-corrected chi connectivity index (χ3v) is 2.83. The van der Waals surface area contributed by atoms with Crippen LogP contribution in [0.4, 0.5) is 11.5 Å². The molecule has 100 valence electrons. The van der Waals surface area contributed by atoms with Gasteiger partial charge in [0.2, 0.25) is 5.91 Å². The van der Waals surface area contributed by atoms with E-state index in [0.29, 0.717) is 17.2 Å². The van der Waals surface area contributed by atoms with Crippen molar-refractivity contribution >= 4 is 29.0 Å². The van der Waals surface area contributed by atoms with Gasteiger partial charge in [0.25, 0.3) is 0 Å². The van der Waals surface area contributed by atoms with Crippen LogP contribution in [-0.2, 0) is 11.3 Å². The Balaban J connectivity index is 2.05. The zero-order valence-corrected chi connectivity index (χ0v) is 11.3. The number of nitrogens with one attached hydrogen (secondary N) is 1. The van der Waals surface area contributed by atoms with Crippen molar-refractivity contribution in [1.29, 1.82) is 0 Å². The number of hydrogen-bond acceptors (Lipinski definition) is 5. The molecule has 0 unspecified atom stereocenters. The van der Waals surface area contributed by atoms with Crippen molar-refractivity contribution in [2.45, 2.75) is 20.4 Å². The molecule has 2 aromatic rings. The molecule has 2 heterocycles. The van der Waals surface area contributed by atoms with Crippen molar-refractivity contribution in [1.82, 2.24) is 20.0 Å². The maximum atomic E-state index is 11.8. The highest BCUT2D eigenvalue weighted by Crippen LogP contribution is 2.14. The van der Waals surface area contributed by atoms with Gasteiger partial charge in [-0.05, 0) is 26.0 Å². The minimum Gasteiger partial charge on any atom is -0.396 e. The maximum Gasteiger partial charge on any atom is 0.247 e. The Morgan fingerprint density at radius 1 is 1.42 bits per heavy atom. The van der Waals surface area contributed by atoms with Crippen LogP contribution in [0, 0.1) is 13.8 Å². The number of nitrogens with zero attached hydrogens (tertiary/aromatic N) is 4. The van der Waals surface area contributed by atoms with Crippen molar-refractivity contribution < 1.29 is 4.79 Å². The molecule has 0 aliphatic carbocycles. The van der Waals surface area contributed by atoms with E-state index in [9.17, 15) is 4.79 Å². The molecule has 0 aliphatic rings. The molecule has 2 aromatic heterocycles. The predicted molar refractivity (Wildman–Crippen MR) is 71.8 cm³/mol. The molecule has 0 bridgehead atoms.